The van der Waals surface area contributed by atoms with Gasteiger partial charge in [0.2, 0.25) is 5.91 Å². The molecule has 2 aliphatic heterocycles. The minimum atomic E-state index is 0.0510. The average Bonchev–Trinajstić information content (AvgIpc) is 2.88. The first-order valence-corrected chi connectivity index (χ1v) is 7.91. The summed E-state index contributed by atoms with van der Waals surface area (Å²) in [6.07, 6.45) is 1.79. The van der Waals surface area contributed by atoms with E-state index in [1.807, 2.05) is 18.9 Å². The maximum atomic E-state index is 12.5. The van der Waals surface area contributed by atoms with Crippen molar-refractivity contribution in [2.75, 3.05) is 44.3 Å². The Kier molecular flexibility index (Phi) is 3.41. The number of anilines is 1. The summed E-state index contributed by atoms with van der Waals surface area (Å²) in [5.74, 6) is 1.89. The third-order valence-electron chi connectivity index (χ3n) is 4.54. The Hall–Kier alpha value is -2.22. The van der Waals surface area contributed by atoms with Crippen LogP contribution in [0.15, 0.2) is 6.20 Å². The van der Waals surface area contributed by atoms with Gasteiger partial charge in [0.1, 0.15) is 11.6 Å². The molecule has 0 saturated carbocycles. The Morgan fingerprint density at radius 2 is 2.00 bits per heavy atom. The summed E-state index contributed by atoms with van der Waals surface area (Å²) in [6, 6.07) is 0. The van der Waals surface area contributed by atoms with Crippen LogP contribution in [0.4, 0.5) is 5.82 Å². The molecule has 0 atom stereocenters. The first-order chi connectivity index (χ1) is 11.1. The third-order valence-corrected chi connectivity index (χ3v) is 4.54. The number of aromatic nitrogens is 4. The van der Waals surface area contributed by atoms with Crippen molar-refractivity contribution in [3.8, 4) is 0 Å². The quantitative estimate of drug-likeness (QED) is 0.774. The lowest BCUT2D eigenvalue weighted by Gasteiger charge is -2.42. The molecule has 2 aromatic heterocycles. The van der Waals surface area contributed by atoms with Gasteiger partial charge in [0.05, 0.1) is 30.7 Å². The van der Waals surface area contributed by atoms with Gasteiger partial charge in [-0.25, -0.2) is 9.97 Å². The first-order valence-electron chi connectivity index (χ1n) is 7.91. The van der Waals surface area contributed by atoms with Gasteiger partial charge in [0, 0.05) is 33.2 Å². The number of hydrogen-bond acceptors (Lipinski definition) is 6. The number of amides is 1. The molecule has 2 fully saturated rings. The van der Waals surface area contributed by atoms with E-state index < -0.39 is 0 Å². The highest BCUT2D eigenvalue weighted by Crippen LogP contribution is 2.30. The molecule has 0 spiro atoms. The largest absolute Gasteiger partial charge is 0.378 e. The summed E-state index contributed by atoms with van der Waals surface area (Å²) in [7, 11) is 1.87. The van der Waals surface area contributed by atoms with Crippen molar-refractivity contribution < 1.29 is 9.53 Å². The number of carbonyl (C=O) groups is 1. The van der Waals surface area contributed by atoms with Crippen molar-refractivity contribution in [2.45, 2.75) is 6.92 Å². The van der Waals surface area contributed by atoms with Gasteiger partial charge in [-0.3, -0.25) is 9.48 Å². The zero-order valence-corrected chi connectivity index (χ0v) is 13.4. The molecule has 122 valence electrons. The fourth-order valence-electron chi connectivity index (χ4n) is 3.20. The second-order valence-corrected chi connectivity index (χ2v) is 6.14. The average molecular weight is 316 g/mol. The second-order valence-electron chi connectivity index (χ2n) is 6.14. The second kappa shape index (κ2) is 5.45. The predicted octanol–water partition coefficient (Wildman–Crippen LogP) is -0.0333. The van der Waals surface area contributed by atoms with Gasteiger partial charge >= 0.3 is 0 Å². The Bertz CT molecular complexity index is 746. The van der Waals surface area contributed by atoms with Crippen LogP contribution in [-0.2, 0) is 16.6 Å². The van der Waals surface area contributed by atoms with Crippen molar-refractivity contribution in [2.24, 2.45) is 13.0 Å². The van der Waals surface area contributed by atoms with Crippen molar-refractivity contribution in [3.63, 3.8) is 0 Å². The molecule has 0 aliphatic carbocycles. The number of fused-ring (bicyclic) bond motifs is 1. The molecule has 2 saturated heterocycles. The molecule has 8 nitrogen and oxygen atoms in total. The van der Waals surface area contributed by atoms with Crippen molar-refractivity contribution in [3.05, 3.63) is 12.0 Å². The number of nitrogens with zero attached hydrogens (tertiary/aromatic N) is 6. The first kappa shape index (κ1) is 14.4. The van der Waals surface area contributed by atoms with Gasteiger partial charge in [-0.2, -0.15) is 5.10 Å². The van der Waals surface area contributed by atoms with E-state index in [0.717, 1.165) is 22.7 Å². The van der Waals surface area contributed by atoms with Crippen molar-refractivity contribution in [1.82, 2.24) is 24.6 Å². The summed E-state index contributed by atoms with van der Waals surface area (Å²) >= 11 is 0. The molecule has 0 radical (unpaired) electrons. The molecular formula is C15H20N6O2. The molecule has 23 heavy (non-hydrogen) atoms. The van der Waals surface area contributed by atoms with Gasteiger partial charge in [-0.15, -0.1) is 0 Å². The van der Waals surface area contributed by atoms with Crippen LogP contribution in [0, 0.1) is 12.8 Å². The molecule has 4 rings (SSSR count). The maximum Gasteiger partial charge on any atom is 0.229 e. The van der Waals surface area contributed by atoms with E-state index in [4.69, 9.17) is 4.74 Å². The lowest BCUT2D eigenvalue weighted by Crippen LogP contribution is -2.56. The van der Waals surface area contributed by atoms with Crippen LogP contribution in [0.2, 0.25) is 0 Å². The Labute approximate surface area is 134 Å². The number of morpholine rings is 1. The maximum absolute atomic E-state index is 12.5. The number of hydrogen-bond donors (Lipinski definition) is 0. The monoisotopic (exact) mass is 316 g/mol. The van der Waals surface area contributed by atoms with E-state index in [9.17, 15) is 4.79 Å². The summed E-state index contributed by atoms with van der Waals surface area (Å²) in [6.45, 7) is 5.98. The Morgan fingerprint density at radius 3 is 2.74 bits per heavy atom. The topological polar surface area (TPSA) is 76.4 Å². The summed E-state index contributed by atoms with van der Waals surface area (Å²) in [5, 5.41) is 5.20. The smallest absolute Gasteiger partial charge is 0.229 e. The lowest BCUT2D eigenvalue weighted by molar-refractivity contribution is -0.140. The summed E-state index contributed by atoms with van der Waals surface area (Å²) < 4.78 is 7.06. The molecule has 2 aromatic rings. The van der Waals surface area contributed by atoms with Crippen LogP contribution >= 0.6 is 0 Å². The van der Waals surface area contributed by atoms with E-state index in [-0.39, 0.29) is 11.8 Å². The molecule has 0 bridgehead atoms. The van der Waals surface area contributed by atoms with E-state index in [1.165, 1.54) is 0 Å². The minimum Gasteiger partial charge on any atom is -0.378 e. The third kappa shape index (κ3) is 2.42. The molecular weight excluding hydrogens is 296 g/mol. The Morgan fingerprint density at radius 1 is 1.26 bits per heavy atom. The summed E-state index contributed by atoms with van der Waals surface area (Å²) in [5.41, 5.74) is 0.829. The van der Waals surface area contributed by atoms with E-state index in [0.29, 0.717) is 39.4 Å². The number of ether oxygens (including phenoxy) is 1. The minimum absolute atomic E-state index is 0.0510. The van der Waals surface area contributed by atoms with Gasteiger partial charge in [0.15, 0.2) is 5.65 Å². The normalized spacial score (nSPS) is 19.2. The lowest BCUT2D eigenvalue weighted by atomic mass is 9.98. The van der Waals surface area contributed by atoms with Gasteiger partial charge < -0.3 is 14.5 Å². The van der Waals surface area contributed by atoms with Crippen molar-refractivity contribution in [1.29, 1.82) is 0 Å². The van der Waals surface area contributed by atoms with Crippen LogP contribution in [-0.4, -0.2) is 69.9 Å². The fourth-order valence-corrected chi connectivity index (χ4v) is 3.20. The van der Waals surface area contributed by atoms with E-state index in [2.05, 4.69) is 20.0 Å². The Balaban J connectivity index is 1.50. The number of rotatable bonds is 2. The van der Waals surface area contributed by atoms with Crippen LogP contribution in [0.5, 0.6) is 0 Å². The molecule has 0 N–H and O–H groups in total. The van der Waals surface area contributed by atoms with Gasteiger partial charge in [-0.05, 0) is 6.92 Å². The standard InChI is InChI=1S/C15H20N6O2/c1-10-17-13-12(7-16-19(13)2)14(18-10)21-8-11(9-21)15(22)20-3-5-23-6-4-20/h7,11H,3-6,8-9H2,1-2H3. The molecule has 1 amide bonds. The van der Waals surface area contributed by atoms with Crippen LogP contribution < -0.4 is 4.90 Å². The highest BCUT2D eigenvalue weighted by Gasteiger charge is 2.37. The SMILES string of the molecule is Cc1nc(N2CC(C(=O)N3CCOCC3)C2)c2cnn(C)c2n1. The van der Waals surface area contributed by atoms with Crippen molar-refractivity contribution >= 4 is 22.8 Å². The molecule has 4 heterocycles. The van der Waals surface area contributed by atoms with Crippen LogP contribution in [0.3, 0.4) is 0 Å². The molecule has 0 unspecified atom stereocenters. The highest BCUT2D eigenvalue weighted by molar-refractivity contribution is 5.89. The molecule has 8 heteroatoms. The van der Waals surface area contributed by atoms with Gasteiger partial charge in [0.25, 0.3) is 0 Å². The fraction of sp³-hybridized carbons (Fsp3) is 0.600. The summed E-state index contributed by atoms with van der Waals surface area (Å²) in [4.78, 5) is 25.5. The van der Waals surface area contributed by atoms with Gasteiger partial charge in [-0.1, -0.05) is 0 Å². The predicted molar refractivity (Wildman–Crippen MR) is 84.1 cm³/mol. The highest BCUT2D eigenvalue weighted by atomic mass is 16.5. The molecule has 0 aromatic carbocycles. The van der Waals surface area contributed by atoms with Crippen LogP contribution in [0.25, 0.3) is 11.0 Å². The van der Waals surface area contributed by atoms with E-state index >= 15 is 0 Å². The number of aryl methyl sites for hydroxylation is 2. The zero-order valence-electron chi connectivity index (χ0n) is 13.4. The van der Waals surface area contributed by atoms with Crippen LogP contribution in [0.1, 0.15) is 5.82 Å². The molecule has 2 aliphatic rings. The number of carbonyl (C=O) groups excluding carboxylic acids is 1. The van der Waals surface area contributed by atoms with E-state index in [1.54, 1.807) is 10.9 Å². The zero-order chi connectivity index (χ0) is 16.0.